The maximum absolute atomic E-state index is 11.6. The predicted octanol–water partition coefficient (Wildman–Crippen LogP) is 2.15. The van der Waals surface area contributed by atoms with Crippen LogP contribution in [0.3, 0.4) is 0 Å². The zero-order valence-corrected chi connectivity index (χ0v) is 11.7. The van der Waals surface area contributed by atoms with Crippen molar-refractivity contribution in [2.24, 2.45) is 17.6 Å². The number of carbonyl (C=O) groups is 2. The van der Waals surface area contributed by atoms with Crippen LogP contribution in [0.5, 0.6) is 0 Å². The normalized spacial score (nSPS) is 24.4. The molecule has 0 aromatic rings. The molecule has 0 aromatic heterocycles. The van der Waals surface area contributed by atoms with E-state index in [0.717, 1.165) is 0 Å². The minimum Gasteiger partial charge on any atom is -0.369 e. The number of alkyl halides is 3. The summed E-state index contributed by atoms with van der Waals surface area (Å²) in [6.07, 6.45) is 4.42. The molecule has 0 spiro atoms. The second kappa shape index (κ2) is 6.18. The average molecular weight is 318 g/mol. The first-order valence-electron chi connectivity index (χ1n) is 4.82. The lowest BCUT2D eigenvalue weighted by molar-refractivity contribution is -0.124. The third-order valence-corrected chi connectivity index (χ3v) is 3.56. The highest BCUT2D eigenvalue weighted by Crippen LogP contribution is 2.37. The molecule has 0 heterocycles. The van der Waals surface area contributed by atoms with E-state index in [9.17, 15) is 9.59 Å². The van der Waals surface area contributed by atoms with Crippen molar-refractivity contribution >= 4 is 58.6 Å². The van der Waals surface area contributed by atoms with Crippen LogP contribution in [0.2, 0.25) is 0 Å². The molecule has 1 rings (SSSR count). The van der Waals surface area contributed by atoms with E-state index in [4.69, 9.17) is 40.5 Å². The smallest absolute Gasteiger partial charge is 0.256 e. The number of nitrogens with one attached hydrogen (secondary N) is 1. The van der Waals surface area contributed by atoms with Crippen LogP contribution in [0.1, 0.15) is 12.8 Å². The highest BCUT2D eigenvalue weighted by Gasteiger charge is 2.27. The van der Waals surface area contributed by atoms with Crippen LogP contribution >= 0.6 is 46.8 Å². The van der Waals surface area contributed by atoms with Crippen molar-refractivity contribution in [2.45, 2.75) is 16.0 Å². The van der Waals surface area contributed by atoms with Gasteiger partial charge in [-0.1, -0.05) is 47.0 Å². The van der Waals surface area contributed by atoms with E-state index in [-0.39, 0.29) is 23.7 Å². The SMILES string of the molecule is NC(=O)C1C=CC(C(=O)NSC(Cl)(Cl)Cl)CC1. The molecule has 1 aliphatic rings. The Hall–Kier alpha value is -0.100. The first-order chi connectivity index (χ1) is 7.79. The number of primary amides is 1. The second-order valence-corrected chi connectivity index (χ2v) is 7.57. The van der Waals surface area contributed by atoms with E-state index in [1.165, 1.54) is 0 Å². The molecular formula is C9H11Cl3N2O2S. The zero-order valence-electron chi connectivity index (χ0n) is 8.66. The summed E-state index contributed by atoms with van der Waals surface area (Å²) in [5.41, 5.74) is 5.16. The second-order valence-electron chi connectivity index (χ2n) is 3.59. The van der Waals surface area contributed by atoms with Gasteiger partial charge in [0.2, 0.25) is 11.8 Å². The third-order valence-electron chi connectivity index (χ3n) is 2.33. The Bertz CT molecular complexity index is 344. The average Bonchev–Trinajstić information content (AvgIpc) is 2.25. The van der Waals surface area contributed by atoms with E-state index in [1.54, 1.807) is 12.2 Å². The maximum atomic E-state index is 11.6. The Balaban J connectivity index is 2.45. The van der Waals surface area contributed by atoms with Gasteiger partial charge in [-0.05, 0) is 12.8 Å². The van der Waals surface area contributed by atoms with E-state index in [0.29, 0.717) is 24.8 Å². The first-order valence-corrected chi connectivity index (χ1v) is 6.77. The fourth-order valence-electron chi connectivity index (χ4n) is 1.46. The van der Waals surface area contributed by atoms with Crippen molar-refractivity contribution in [3.8, 4) is 0 Å². The van der Waals surface area contributed by atoms with Gasteiger partial charge in [0.25, 0.3) is 3.12 Å². The molecule has 2 atom stereocenters. The summed E-state index contributed by atoms with van der Waals surface area (Å²) < 4.78 is 0.871. The number of hydrogen-bond acceptors (Lipinski definition) is 3. The van der Waals surface area contributed by atoms with Crippen LogP contribution in [0.25, 0.3) is 0 Å². The van der Waals surface area contributed by atoms with Gasteiger partial charge in [0, 0.05) is 11.9 Å². The monoisotopic (exact) mass is 316 g/mol. The van der Waals surface area contributed by atoms with Gasteiger partial charge in [-0.25, -0.2) is 0 Å². The summed E-state index contributed by atoms with van der Waals surface area (Å²) in [4.78, 5) is 22.5. The molecule has 0 fully saturated rings. The fraction of sp³-hybridized carbons (Fsp3) is 0.556. The number of rotatable bonds is 3. The molecule has 3 N–H and O–H groups in total. The minimum absolute atomic E-state index is 0.250. The van der Waals surface area contributed by atoms with Crippen LogP contribution in [0, 0.1) is 11.8 Å². The Kier molecular flexibility index (Phi) is 5.44. The number of nitrogens with two attached hydrogens (primary N) is 1. The van der Waals surface area contributed by atoms with Crippen LogP contribution in [0.4, 0.5) is 0 Å². The van der Waals surface area contributed by atoms with Crippen molar-refractivity contribution in [1.82, 2.24) is 4.72 Å². The van der Waals surface area contributed by atoms with E-state index >= 15 is 0 Å². The first kappa shape index (κ1) is 15.0. The third kappa shape index (κ3) is 5.38. The Morgan fingerprint density at radius 2 is 1.76 bits per heavy atom. The molecule has 0 aromatic carbocycles. The summed E-state index contributed by atoms with van der Waals surface area (Å²) in [6.45, 7) is 0. The molecule has 17 heavy (non-hydrogen) atoms. The molecule has 2 unspecified atom stereocenters. The standard InChI is InChI=1S/C9H11Cl3N2O2S/c10-9(11,12)17-14-8(16)6-3-1-5(2-4-6)7(13)15/h1,3,5-6H,2,4H2,(H2,13,15)(H,14,16). The predicted molar refractivity (Wildman–Crippen MR) is 70.6 cm³/mol. The number of halogens is 3. The van der Waals surface area contributed by atoms with Crippen molar-refractivity contribution in [3.05, 3.63) is 12.2 Å². The molecule has 0 aliphatic heterocycles. The van der Waals surface area contributed by atoms with Crippen LogP contribution in [-0.2, 0) is 9.59 Å². The molecule has 4 nitrogen and oxygen atoms in total. The molecule has 0 saturated carbocycles. The Morgan fingerprint density at radius 1 is 1.24 bits per heavy atom. The van der Waals surface area contributed by atoms with Crippen LogP contribution in [0.15, 0.2) is 12.2 Å². The van der Waals surface area contributed by atoms with Crippen LogP contribution < -0.4 is 10.5 Å². The van der Waals surface area contributed by atoms with Gasteiger partial charge >= 0.3 is 0 Å². The molecular weight excluding hydrogens is 307 g/mol. The van der Waals surface area contributed by atoms with E-state index in [2.05, 4.69) is 4.72 Å². The summed E-state index contributed by atoms with van der Waals surface area (Å²) in [5.74, 6) is -1.23. The lowest BCUT2D eigenvalue weighted by atomic mass is 9.88. The number of hydrogen-bond donors (Lipinski definition) is 2. The van der Waals surface area contributed by atoms with Crippen molar-refractivity contribution in [3.63, 3.8) is 0 Å². The van der Waals surface area contributed by atoms with Crippen LogP contribution in [-0.4, -0.2) is 14.9 Å². The number of carbonyl (C=O) groups excluding carboxylic acids is 2. The Labute approximate surface area is 118 Å². The quantitative estimate of drug-likeness (QED) is 0.476. The van der Waals surface area contributed by atoms with Gasteiger partial charge in [0.1, 0.15) is 0 Å². The fourth-order valence-corrected chi connectivity index (χ4v) is 2.17. The molecule has 0 radical (unpaired) electrons. The van der Waals surface area contributed by atoms with E-state index < -0.39 is 3.12 Å². The van der Waals surface area contributed by atoms with Gasteiger partial charge < -0.3 is 5.73 Å². The topological polar surface area (TPSA) is 72.2 Å². The molecule has 96 valence electrons. The van der Waals surface area contributed by atoms with Crippen molar-refractivity contribution in [2.75, 3.05) is 0 Å². The summed E-state index contributed by atoms with van der Waals surface area (Å²) in [6, 6.07) is 0. The van der Waals surface area contributed by atoms with Crippen molar-refractivity contribution < 1.29 is 9.59 Å². The largest absolute Gasteiger partial charge is 0.369 e. The van der Waals surface area contributed by atoms with Gasteiger partial charge in [0.05, 0.1) is 11.8 Å². The molecule has 2 amide bonds. The van der Waals surface area contributed by atoms with Gasteiger partial charge in [-0.3, -0.25) is 14.3 Å². The number of amides is 2. The van der Waals surface area contributed by atoms with E-state index in [1.807, 2.05) is 0 Å². The lowest BCUT2D eigenvalue weighted by Crippen LogP contribution is -2.31. The summed E-state index contributed by atoms with van der Waals surface area (Å²) >= 11 is 17.2. The van der Waals surface area contributed by atoms with Gasteiger partial charge in [0.15, 0.2) is 0 Å². The summed E-state index contributed by atoms with van der Waals surface area (Å²) in [7, 11) is 0. The van der Waals surface area contributed by atoms with Crippen molar-refractivity contribution in [1.29, 1.82) is 0 Å². The highest BCUT2D eigenvalue weighted by molar-refractivity contribution is 8.03. The van der Waals surface area contributed by atoms with Gasteiger partial charge in [-0.15, -0.1) is 0 Å². The summed E-state index contributed by atoms with van der Waals surface area (Å²) in [5, 5.41) is 0. The molecule has 1 aliphatic carbocycles. The highest BCUT2D eigenvalue weighted by atomic mass is 35.6. The minimum atomic E-state index is -1.58. The lowest BCUT2D eigenvalue weighted by Gasteiger charge is -2.20. The zero-order chi connectivity index (χ0) is 13.1. The van der Waals surface area contributed by atoms with Gasteiger partial charge in [-0.2, -0.15) is 0 Å². The molecule has 8 heteroatoms. The maximum Gasteiger partial charge on any atom is 0.256 e. The molecule has 0 saturated heterocycles. The Morgan fingerprint density at radius 3 is 2.18 bits per heavy atom. The molecule has 0 bridgehead atoms.